The largest absolute Gasteiger partial charge is 0.311 e. The second-order valence-corrected chi connectivity index (χ2v) is 4.17. The minimum atomic E-state index is 0.451. The van der Waals surface area contributed by atoms with Gasteiger partial charge in [0.1, 0.15) is 6.17 Å². The van der Waals surface area contributed by atoms with E-state index in [1.165, 1.54) is 32.4 Å². The lowest BCUT2D eigenvalue weighted by molar-refractivity contribution is -0.948. The van der Waals surface area contributed by atoms with Crippen LogP contribution >= 0.6 is 0 Å². The van der Waals surface area contributed by atoms with Gasteiger partial charge in [-0.25, -0.2) is 0 Å². The number of nitrogens with zero attached hydrogens (tertiary/aromatic N) is 1. The Kier molecular flexibility index (Phi) is 1.29. The molecule has 0 radical (unpaired) electrons. The zero-order valence-corrected chi connectivity index (χ0v) is 6.71. The third kappa shape index (κ3) is 0.789. The molecule has 0 aliphatic carbocycles. The van der Waals surface area contributed by atoms with Crippen LogP contribution in [0.5, 0.6) is 0 Å². The van der Waals surface area contributed by atoms with Gasteiger partial charge in [-0.05, 0) is 18.8 Å². The van der Waals surface area contributed by atoms with Crippen molar-refractivity contribution < 1.29 is 4.48 Å². The zero-order valence-electron chi connectivity index (χ0n) is 6.71. The van der Waals surface area contributed by atoms with Crippen molar-refractivity contribution in [2.24, 2.45) is 11.7 Å². The molecule has 0 aromatic carbocycles. The van der Waals surface area contributed by atoms with Crippen LogP contribution in [0.3, 0.4) is 0 Å². The molecule has 2 nitrogen and oxygen atoms in total. The summed E-state index contributed by atoms with van der Waals surface area (Å²) in [5, 5.41) is 0. The van der Waals surface area contributed by atoms with Gasteiger partial charge < -0.3 is 4.48 Å². The van der Waals surface area contributed by atoms with Crippen molar-refractivity contribution >= 4 is 0 Å². The van der Waals surface area contributed by atoms with Gasteiger partial charge in [0, 0.05) is 6.42 Å². The van der Waals surface area contributed by atoms with E-state index in [1.54, 1.807) is 0 Å². The highest BCUT2D eigenvalue weighted by molar-refractivity contribution is 4.74. The molecule has 3 saturated heterocycles. The maximum absolute atomic E-state index is 6.03. The normalized spacial score (nSPS) is 53.4. The van der Waals surface area contributed by atoms with Crippen LogP contribution in [-0.4, -0.2) is 30.8 Å². The molecule has 3 aliphatic heterocycles. The molecular weight excluding hydrogens is 124 g/mol. The van der Waals surface area contributed by atoms with Crippen LogP contribution < -0.4 is 5.73 Å². The Balaban J connectivity index is 2.17. The Morgan fingerprint density at radius 2 is 1.90 bits per heavy atom. The third-order valence-corrected chi connectivity index (χ3v) is 3.47. The third-order valence-electron chi connectivity index (χ3n) is 3.47. The minimum Gasteiger partial charge on any atom is -0.311 e. The molecule has 58 valence electrons. The summed E-state index contributed by atoms with van der Waals surface area (Å²) in [6, 6.07) is 0. The maximum Gasteiger partial charge on any atom is 0.140 e. The van der Waals surface area contributed by atoms with E-state index >= 15 is 0 Å². The van der Waals surface area contributed by atoms with Gasteiger partial charge in [0.2, 0.25) is 0 Å². The first-order valence-corrected chi connectivity index (χ1v) is 4.30. The van der Waals surface area contributed by atoms with Crippen molar-refractivity contribution in [1.29, 1.82) is 0 Å². The molecule has 0 aromatic heterocycles. The Bertz CT molecular complexity index is 136. The molecule has 2 N–H and O–H groups in total. The van der Waals surface area contributed by atoms with Crippen LogP contribution in [0.25, 0.3) is 0 Å². The van der Waals surface area contributed by atoms with Crippen LogP contribution in [0, 0.1) is 5.92 Å². The molecule has 0 spiro atoms. The van der Waals surface area contributed by atoms with E-state index in [0.717, 1.165) is 10.4 Å². The number of piperidine rings is 3. The van der Waals surface area contributed by atoms with Gasteiger partial charge >= 0.3 is 0 Å². The summed E-state index contributed by atoms with van der Waals surface area (Å²) in [6.45, 7) is 2.65. The predicted octanol–water partition coefficient (Wildman–Crippen LogP) is 0.531. The highest BCUT2D eigenvalue weighted by Crippen LogP contribution is 2.34. The molecule has 0 amide bonds. The van der Waals surface area contributed by atoms with Crippen molar-refractivity contribution in [3.63, 3.8) is 0 Å². The lowest BCUT2D eigenvalue weighted by atomic mass is 9.84. The first-order valence-electron chi connectivity index (χ1n) is 4.30. The summed E-state index contributed by atoms with van der Waals surface area (Å²) >= 11 is 0. The number of rotatable bonds is 0. The monoisotopic (exact) mass is 141 g/mol. The first kappa shape index (κ1) is 6.62. The van der Waals surface area contributed by atoms with E-state index in [1.807, 2.05) is 0 Å². The average molecular weight is 141 g/mol. The van der Waals surface area contributed by atoms with Crippen molar-refractivity contribution in [2.45, 2.75) is 25.4 Å². The zero-order chi connectivity index (χ0) is 7.19. The highest BCUT2D eigenvalue weighted by Gasteiger charge is 2.42. The maximum atomic E-state index is 6.03. The van der Waals surface area contributed by atoms with E-state index < -0.39 is 0 Å². The summed E-state index contributed by atoms with van der Waals surface area (Å²) in [7, 11) is 2.31. The molecule has 1 unspecified atom stereocenters. The van der Waals surface area contributed by atoms with Gasteiger partial charge in [-0.3, -0.25) is 5.73 Å². The van der Waals surface area contributed by atoms with Crippen molar-refractivity contribution in [3.8, 4) is 0 Å². The molecule has 0 aromatic rings. The molecular formula is C8H17N2+. The molecule has 3 fully saturated rings. The fourth-order valence-electron chi connectivity index (χ4n) is 2.37. The molecule has 2 bridgehead atoms. The molecule has 10 heavy (non-hydrogen) atoms. The second kappa shape index (κ2) is 1.95. The van der Waals surface area contributed by atoms with Crippen LogP contribution in [0.4, 0.5) is 0 Å². The molecule has 3 rings (SSSR count). The number of hydrogen-bond donors (Lipinski definition) is 1. The Labute approximate surface area is 62.6 Å². The molecule has 2 heteroatoms. The SMILES string of the molecule is C[N+]12CCC(CC1)CC2N. The van der Waals surface area contributed by atoms with E-state index in [9.17, 15) is 0 Å². The molecule has 3 heterocycles. The quantitative estimate of drug-likeness (QED) is 0.489. The smallest absolute Gasteiger partial charge is 0.140 e. The molecule has 0 saturated carbocycles. The molecule has 3 aliphatic rings. The fourth-order valence-corrected chi connectivity index (χ4v) is 2.37. The first-order chi connectivity index (χ1) is 4.71. The summed E-state index contributed by atoms with van der Waals surface area (Å²) in [4.78, 5) is 0. The standard InChI is InChI=1S/C8H17N2/c1-10-4-2-7(3-5-10)6-8(10)9/h7-8H,2-6,9H2,1H3/q+1. The van der Waals surface area contributed by atoms with Crippen molar-refractivity contribution in [2.75, 3.05) is 20.1 Å². The lowest BCUT2D eigenvalue weighted by Crippen LogP contribution is -2.64. The minimum absolute atomic E-state index is 0.451. The van der Waals surface area contributed by atoms with Crippen LogP contribution in [0.15, 0.2) is 0 Å². The van der Waals surface area contributed by atoms with E-state index in [-0.39, 0.29) is 0 Å². The van der Waals surface area contributed by atoms with Crippen LogP contribution in [0.2, 0.25) is 0 Å². The molecule has 1 atom stereocenters. The lowest BCUT2D eigenvalue weighted by Gasteiger charge is -2.50. The Morgan fingerprint density at radius 1 is 1.30 bits per heavy atom. The Morgan fingerprint density at radius 3 is 2.20 bits per heavy atom. The summed E-state index contributed by atoms with van der Waals surface area (Å²) in [5.41, 5.74) is 6.03. The summed E-state index contributed by atoms with van der Waals surface area (Å²) in [6.07, 6.45) is 4.57. The predicted molar refractivity (Wildman–Crippen MR) is 41.2 cm³/mol. The van der Waals surface area contributed by atoms with E-state index in [2.05, 4.69) is 7.05 Å². The van der Waals surface area contributed by atoms with E-state index in [4.69, 9.17) is 5.73 Å². The van der Waals surface area contributed by atoms with Crippen molar-refractivity contribution in [1.82, 2.24) is 0 Å². The van der Waals surface area contributed by atoms with Gasteiger partial charge in [-0.1, -0.05) is 0 Å². The topological polar surface area (TPSA) is 26.0 Å². The second-order valence-electron chi connectivity index (χ2n) is 4.17. The number of hydrogen-bond acceptors (Lipinski definition) is 1. The number of nitrogens with two attached hydrogens (primary N) is 1. The van der Waals surface area contributed by atoms with Gasteiger partial charge in [0.05, 0.1) is 20.1 Å². The van der Waals surface area contributed by atoms with E-state index in [0.29, 0.717) is 6.17 Å². The average Bonchev–Trinajstić information content (AvgIpc) is 1.92. The van der Waals surface area contributed by atoms with Gasteiger partial charge in [0.15, 0.2) is 0 Å². The van der Waals surface area contributed by atoms with Gasteiger partial charge in [-0.2, -0.15) is 0 Å². The van der Waals surface area contributed by atoms with Crippen LogP contribution in [0.1, 0.15) is 19.3 Å². The van der Waals surface area contributed by atoms with Gasteiger partial charge in [-0.15, -0.1) is 0 Å². The van der Waals surface area contributed by atoms with Crippen LogP contribution in [-0.2, 0) is 0 Å². The highest BCUT2D eigenvalue weighted by atomic mass is 15.4. The summed E-state index contributed by atoms with van der Waals surface area (Å²) in [5.74, 6) is 0.968. The van der Waals surface area contributed by atoms with Gasteiger partial charge in [0.25, 0.3) is 0 Å². The fraction of sp³-hybridized carbons (Fsp3) is 1.00. The van der Waals surface area contributed by atoms with Crippen molar-refractivity contribution in [3.05, 3.63) is 0 Å². The Hall–Kier alpha value is -0.0800. The number of quaternary nitrogens is 1. The number of fused-ring (bicyclic) bond motifs is 3. The summed E-state index contributed by atoms with van der Waals surface area (Å²) < 4.78 is 1.15.